The van der Waals surface area contributed by atoms with Gasteiger partial charge in [-0.3, -0.25) is 0 Å². The molecule has 2 aromatic heterocycles. The number of benzene rings is 5. The zero-order chi connectivity index (χ0) is 30.0. The van der Waals surface area contributed by atoms with Gasteiger partial charge in [-0.05, 0) is 87.8 Å². The summed E-state index contributed by atoms with van der Waals surface area (Å²) in [7, 11) is 0. The number of hydrogen-bond donors (Lipinski definition) is 0. The van der Waals surface area contributed by atoms with Gasteiger partial charge in [-0.15, -0.1) is 20.4 Å². The predicted octanol–water partition coefficient (Wildman–Crippen LogP) is 9.12. The van der Waals surface area contributed by atoms with Crippen LogP contribution in [0.4, 0.5) is 0 Å². The lowest BCUT2D eigenvalue weighted by molar-refractivity contribution is 0.532. The molecule has 0 amide bonds. The second-order valence-corrected chi connectivity index (χ2v) is 12.2. The van der Waals surface area contributed by atoms with Crippen LogP contribution in [0.3, 0.4) is 0 Å². The number of hydrogen-bond acceptors (Lipinski definition) is 6. The van der Waals surface area contributed by atoms with Crippen LogP contribution in [0.25, 0.3) is 56.3 Å². The molecule has 44 heavy (non-hydrogen) atoms. The molecule has 2 heterocycles. The Labute approximate surface area is 255 Å². The van der Waals surface area contributed by atoms with Crippen LogP contribution in [0.2, 0.25) is 0 Å². The lowest BCUT2D eigenvalue weighted by Gasteiger charge is -2.22. The van der Waals surface area contributed by atoms with Crippen LogP contribution in [-0.4, -0.2) is 20.4 Å². The molecule has 5 aromatic carbocycles. The van der Waals surface area contributed by atoms with Gasteiger partial charge in [0.1, 0.15) is 0 Å². The van der Waals surface area contributed by atoms with Crippen molar-refractivity contribution in [3.8, 4) is 45.5 Å². The number of rotatable bonds is 5. The van der Waals surface area contributed by atoms with Crippen LogP contribution < -0.4 is 0 Å². The Morgan fingerprint density at radius 1 is 0.568 bits per heavy atom. The Morgan fingerprint density at radius 2 is 1.16 bits per heavy atom. The summed E-state index contributed by atoms with van der Waals surface area (Å²) in [6.45, 7) is 8.41. The van der Waals surface area contributed by atoms with Crippen LogP contribution in [0, 0.1) is 13.8 Å². The third-order valence-electron chi connectivity index (χ3n) is 8.88. The molecule has 0 atom stereocenters. The topological polar surface area (TPSA) is 77.8 Å². The Kier molecular flexibility index (Phi) is 5.88. The molecule has 0 unspecified atom stereocenters. The smallest absolute Gasteiger partial charge is 0.248 e. The van der Waals surface area contributed by atoms with Crippen molar-refractivity contribution in [3.63, 3.8) is 0 Å². The standard InChI is InChI=1S/C38H30N4O2/c1-22-9-11-24(12-10-22)19-25-13-18-32(29-8-6-5-7-28(25)29)37-42-41-36(44-37)27-15-17-31-30-16-14-26(35-40-39-23(2)43-35)20-33(30)38(3,4)34(31)21-27/h5-18,20-21H,19H2,1-4H3. The van der Waals surface area contributed by atoms with Crippen molar-refractivity contribution in [1.82, 2.24) is 20.4 Å². The maximum Gasteiger partial charge on any atom is 0.248 e. The summed E-state index contributed by atoms with van der Waals surface area (Å²) in [5.74, 6) is 2.11. The predicted molar refractivity (Wildman–Crippen MR) is 172 cm³/mol. The molecule has 0 aliphatic heterocycles. The van der Waals surface area contributed by atoms with E-state index in [1.807, 2.05) is 6.07 Å². The minimum Gasteiger partial charge on any atom is -0.421 e. The first kappa shape index (κ1) is 26.3. The minimum atomic E-state index is -0.238. The van der Waals surface area contributed by atoms with E-state index in [1.165, 1.54) is 44.3 Å². The normalized spacial score (nSPS) is 13.3. The van der Waals surface area contributed by atoms with Crippen molar-refractivity contribution in [2.75, 3.05) is 0 Å². The molecule has 0 fully saturated rings. The van der Waals surface area contributed by atoms with E-state index in [0.29, 0.717) is 23.6 Å². The summed E-state index contributed by atoms with van der Waals surface area (Å²) in [5.41, 5.74) is 11.2. The van der Waals surface area contributed by atoms with Gasteiger partial charge in [-0.2, -0.15) is 0 Å². The highest BCUT2D eigenvalue weighted by molar-refractivity contribution is 5.97. The van der Waals surface area contributed by atoms with Crippen LogP contribution in [-0.2, 0) is 11.8 Å². The Hall–Kier alpha value is -5.36. The summed E-state index contributed by atoms with van der Waals surface area (Å²) < 4.78 is 12.1. The van der Waals surface area contributed by atoms with Crippen molar-refractivity contribution in [2.24, 2.45) is 0 Å². The molecule has 0 saturated carbocycles. The maximum absolute atomic E-state index is 6.37. The van der Waals surface area contributed by atoms with E-state index in [0.717, 1.165) is 28.5 Å². The van der Waals surface area contributed by atoms with Gasteiger partial charge in [0.25, 0.3) is 0 Å². The van der Waals surface area contributed by atoms with Gasteiger partial charge in [0, 0.05) is 29.0 Å². The molecule has 0 saturated heterocycles. The van der Waals surface area contributed by atoms with E-state index in [4.69, 9.17) is 8.83 Å². The molecule has 0 spiro atoms. The SMILES string of the molecule is Cc1ccc(Cc2ccc(-c3nnc(-c4ccc5c(c4)C(C)(C)c4cc(-c6nnc(C)o6)ccc4-5)o3)c3ccccc23)cc1. The largest absolute Gasteiger partial charge is 0.421 e. The summed E-state index contributed by atoms with van der Waals surface area (Å²) in [4.78, 5) is 0. The molecule has 0 radical (unpaired) electrons. The summed E-state index contributed by atoms with van der Waals surface area (Å²) in [6, 6.07) is 34.2. The van der Waals surface area contributed by atoms with Crippen molar-refractivity contribution >= 4 is 10.8 Å². The van der Waals surface area contributed by atoms with Crippen LogP contribution in [0.5, 0.6) is 0 Å². The van der Waals surface area contributed by atoms with Gasteiger partial charge in [0.2, 0.25) is 23.6 Å². The van der Waals surface area contributed by atoms with Crippen molar-refractivity contribution in [2.45, 2.75) is 39.5 Å². The Bertz CT molecular complexity index is 2210. The summed E-state index contributed by atoms with van der Waals surface area (Å²) in [6.07, 6.45) is 0.861. The van der Waals surface area contributed by atoms with E-state index in [-0.39, 0.29) is 5.41 Å². The fourth-order valence-corrected chi connectivity index (χ4v) is 6.49. The Morgan fingerprint density at radius 3 is 1.82 bits per heavy atom. The second-order valence-electron chi connectivity index (χ2n) is 12.2. The lowest BCUT2D eigenvalue weighted by Crippen LogP contribution is -2.15. The quantitative estimate of drug-likeness (QED) is 0.204. The first-order valence-corrected chi connectivity index (χ1v) is 14.9. The van der Waals surface area contributed by atoms with E-state index in [9.17, 15) is 0 Å². The van der Waals surface area contributed by atoms with Crippen molar-refractivity contribution < 1.29 is 8.83 Å². The van der Waals surface area contributed by atoms with Crippen LogP contribution in [0.1, 0.15) is 47.6 Å². The van der Waals surface area contributed by atoms with Crippen molar-refractivity contribution in [1.29, 1.82) is 0 Å². The molecule has 1 aliphatic rings. The summed E-state index contributed by atoms with van der Waals surface area (Å²) >= 11 is 0. The zero-order valence-electron chi connectivity index (χ0n) is 25.1. The monoisotopic (exact) mass is 574 g/mol. The molecule has 6 nitrogen and oxygen atoms in total. The van der Waals surface area contributed by atoms with Gasteiger partial charge < -0.3 is 8.83 Å². The summed E-state index contributed by atoms with van der Waals surface area (Å²) in [5, 5.41) is 19.5. The minimum absolute atomic E-state index is 0.238. The van der Waals surface area contributed by atoms with Gasteiger partial charge >= 0.3 is 0 Å². The molecule has 7 aromatic rings. The fraction of sp³-hybridized carbons (Fsp3) is 0.158. The molecular formula is C38H30N4O2. The highest BCUT2D eigenvalue weighted by Crippen LogP contribution is 2.50. The van der Waals surface area contributed by atoms with Gasteiger partial charge in [0.05, 0.1) is 0 Å². The number of aromatic nitrogens is 4. The van der Waals surface area contributed by atoms with Crippen LogP contribution >= 0.6 is 0 Å². The van der Waals surface area contributed by atoms with Crippen LogP contribution in [0.15, 0.2) is 106 Å². The van der Waals surface area contributed by atoms with E-state index < -0.39 is 0 Å². The molecule has 1 aliphatic carbocycles. The second kappa shape index (κ2) is 9.85. The highest BCUT2D eigenvalue weighted by atomic mass is 16.4. The third kappa shape index (κ3) is 4.25. The van der Waals surface area contributed by atoms with E-state index >= 15 is 0 Å². The lowest BCUT2D eigenvalue weighted by atomic mass is 9.81. The average Bonchev–Trinajstić information content (AvgIpc) is 3.76. The molecular weight excluding hydrogens is 544 g/mol. The van der Waals surface area contributed by atoms with Gasteiger partial charge in [0.15, 0.2) is 0 Å². The number of nitrogens with zero attached hydrogens (tertiary/aromatic N) is 4. The van der Waals surface area contributed by atoms with Gasteiger partial charge in [-0.25, -0.2) is 0 Å². The molecule has 0 N–H and O–H groups in total. The Balaban J connectivity index is 1.13. The highest BCUT2D eigenvalue weighted by Gasteiger charge is 2.36. The number of aryl methyl sites for hydroxylation is 2. The molecule has 0 bridgehead atoms. The third-order valence-corrected chi connectivity index (χ3v) is 8.88. The first-order chi connectivity index (χ1) is 21.3. The molecule has 214 valence electrons. The van der Waals surface area contributed by atoms with E-state index in [2.05, 4.69) is 132 Å². The van der Waals surface area contributed by atoms with Gasteiger partial charge in [-0.1, -0.05) is 86.1 Å². The molecule has 8 rings (SSSR count). The number of fused-ring (bicyclic) bond motifs is 4. The maximum atomic E-state index is 6.37. The first-order valence-electron chi connectivity index (χ1n) is 14.9. The molecule has 6 heteroatoms. The van der Waals surface area contributed by atoms with Crippen molar-refractivity contribution in [3.05, 3.63) is 131 Å². The van der Waals surface area contributed by atoms with E-state index in [1.54, 1.807) is 6.92 Å². The zero-order valence-corrected chi connectivity index (χ0v) is 25.1. The fourth-order valence-electron chi connectivity index (χ4n) is 6.49. The average molecular weight is 575 g/mol.